The van der Waals surface area contributed by atoms with Gasteiger partial charge in [0.25, 0.3) is 0 Å². The first-order chi connectivity index (χ1) is 18.1. The van der Waals surface area contributed by atoms with Crippen LogP contribution in [0.4, 0.5) is 0 Å². The fraction of sp³-hybridized carbons (Fsp3) is 0.0909. The second-order valence-electron chi connectivity index (χ2n) is 9.57. The normalized spacial score (nSPS) is 11.2. The molecule has 0 aliphatic carbocycles. The molecule has 4 nitrogen and oxygen atoms in total. The summed E-state index contributed by atoms with van der Waals surface area (Å²) in [5.74, 6) is 1.66. The summed E-state index contributed by atoms with van der Waals surface area (Å²) in [6.45, 7) is 4.32. The molecule has 0 aliphatic rings. The van der Waals surface area contributed by atoms with Gasteiger partial charge in [0.1, 0.15) is 0 Å². The maximum Gasteiger partial charge on any atom is 2.00 e. The van der Waals surface area contributed by atoms with Gasteiger partial charge in [-0.15, -0.1) is 35.7 Å². The zero-order chi connectivity index (χ0) is 25.2. The topological polar surface area (TPSA) is 35.6 Å². The molecule has 0 aliphatic heterocycles. The van der Waals surface area contributed by atoms with Gasteiger partial charge < -0.3 is 9.13 Å². The largest absolute Gasteiger partial charge is 2.00 e. The monoisotopic (exact) mass is 673 g/mol. The molecule has 0 N–H and O–H groups in total. The summed E-state index contributed by atoms with van der Waals surface area (Å²) < 4.78 is 3.90. The summed E-state index contributed by atoms with van der Waals surface area (Å²) in [4.78, 5) is 10.0. The van der Waals surface area contributed by atoms with Crippen LogP contribution in [0.5, 0.6) is 0 Å². The summed E-state index contributed by atoms with van der Waals surface area (Å²) in [5.41, 5.74) is 6.02. The number of nitrogens with zero attached hydrogens (tertiary/aromatic N) is 4. The maximum absolute atomic E-state index is 5.02. The molecule has 0 unspecified atom stereocenters. The van der Waals surface area contributed by atoms with E-state index in [-0.39, 0.29) is 21.1 Å². The standard InChI is InChI=1S/C33H26N4.Pt/c1-33(2,29-15-9-17-31(34-29)36-21-19-27(23-36)25-11-5-3-6-12-25)30-16-10-18-32(35-30)37-22-20-28(24-37)26-13-7-4-8-14-26;/h3-20,23-24H,1-2H3;/q-2;+2. The molecule has 6 rings (SSSR count). The number of hydrogen-bond acceptors (Lipinski definition) is 2. The molecule has 5 heteroatoms. The Morgan fingerprint density at radius 1 is 0.526 bits per heavy atom. The van der Waals surface area contributed by atoms with Gasteiger partial charge in [0, 0.05) is 16.8 Å². The van der Waals surface area contributed by atoms with Crippen LogP contribution in [0, 0.1) is 12.4 Å². The molecule has 2 aromatic carbocycles. The van der Waals surface area contributed by atoms with Gasteiger partial charge in [-0.1, -0.05) is 108 Å². The van der Waals surface area contributed by atoms with Crippen LogP contribution in [0.2, 0.25) is 0 Å². The van der Waals surface area contributed by atoms with Crippen LogP contribution in [-0.2, 0) is 26.5 Å². The second-order valence-corrected chi connectivity index (χ2v) is 9.57. The summed E-state index contributed by atoms with van der Waals surface area (Å²) in [6, 6.07) is 36.9. The molecule has 4 aromatic heterocycles. The molecule has 0 fully saturated rings. The molecule has 4 heterocycles. The van der Waals surface area contributed by atoms with E-state index in [0.29, 0.717) is 0 Å². The molecular formula is C33H26N4Pt. The fourth-order valence-electron chi connectivity index (χ4n) is 4.49. The van der Waals surface area contributed by atoms with Crippen molar-refractivity contribution in [3.05, 3.63) is 145 Å². The molecular weight excluding hydrogens is 647 g/mol. The van der Waals surface area contributed by atoms with Crippen molar-refractivity contribution in [1.82, 2.24) is 19.1 Å². The Hall–Kier alpha value is -4.01. The van der Waals surface area contributed by atoms with Crippen LogP contribution in [-0.4, -0.2) is 19.1 Å². The van der Waals surface area contributed by atoms with Crippen molar-refractivity contribution in [2.24, 2.45) is 0 Å². The first kappa shape index (κ1) is 25.6. The van der Waals surface area contributed by atoms with Crippen molar-refractivity contribution in [3.63, 3.8) is 0 Å². The maximum atomic E-state index is 5.02. The predicted octanol–water partition coefficient (Wildman–Crippen LogP) is 7.32. The fourth-order valence-corrected chi connectivity index (χ4v) is 4.49. The predicted molar refractivity (Wildman–Crippen MR) is 148 cm³/mol. The van der Waals surface area contributed by atoms with Gasteiger partial charge >= 0.3 is 21.1 Å². The van der Waals surface area contributed by atoms with E-state index in [1.165, 1.54) is 0 Å². The molecule has 0 spiro atoms. The number of aromatic nitrogens is 4. The van der Waals surface area contributed by atoms with Gasteiger partial charge in [-0.25, -0.2) is 0 Å². The van der Waals surface area contributed by atoms with Crippen molar-refractivity contribution < 1.29 is 21.1 Å². The molecule has 38 heavy (non-hydrogen) atoms. The third kappa shape index (κ3) is 5.05. The molecule has 0 atom stereocenters. The van der Waals surface area contributed by atoms with Gasteiger partial charge in [0.05, 0.1) is 11.6 Å². The van der Waals surface area contributed by atoms with Crippen LogP contribution in [0.1, 0.15) is 25.2 Å². The van der Waals surface area contributed by atoms with E-state index >= 15 is 0 Å². The Bertz CT molecular complexity index is 1530. The number of rotatable bonds is 6. The molecule has 0 saturated heterocycles. The Kier molecular flexibility index (Phi) is 7.26. The van der Waals surface area contributed by atoms with E-state index in [1.807, 2.05) is 81.9 Å². The quantitative estimate of drug-likeness (QED) is 0.174. The SMILES string of the molecule is CC(C)(c1cccc(-n2[c-]cc(-c3ccccc3)c2)n1)c1cccc(-n2[c-]cc(-c3ccccc3)c2)n1.[Pt+2]. The zero-order valence-electron chi connectivity index (χ0n) is 21.2. The smallest absolute Gasteiger partial charge is 0.435 e. The molecule has 0 bridgehead atoms. The second kappa shape index (κ2) is 10.8. The Balaban J connectivity index is 0.00000294. The van der Waals surface area contributed by atoms with Crippen LogP contribution in [0.15, 0.2) is 122 Å². The van der Waals surface area contributed by atoms with Crippen molar-refractivity contribution in [2.45, 2.75) is 19.3 Å². The Morgan fingerprint density at radius 2 is 0.947 bits per heavy atom. The van der Waals surface area contributed by atoms with Gasteiger partial charge in [-0.05, 0) is 26.0 Å². The van der Waals surface area contributed by atoms with Crippen LogP contribution < -0.4 is 0 Å². The Labute approximate surface area is 237 Å². The van der Waals surface area contributed by atoms with Crippen molar-refractivity contribution in [1.29, 1.82) is 0 Å². The van der Waals surface area contributed by atoms with E-state index in [9.17, 15) is 0 Å². The van der Waals surface area contributed by atoms with E-state index in [4.69, 9.17) is 9.97 Å². The number of pyridine rings is 2. The van der Waals surface area contributed by atoms with Gasteiger partial charge in [-0.2, -0.15) is 0 Å². The van der Waals surface area contributed by atoms with Gasteiger partial charge in [-0.3, -0.25) is 9.97 Å². The van der Waals surface area contributed by atoms with Crippen LogP contribution >= 0.6 is 0 Å². The molecule has 188 valence electrons. The molecule has 0 radical (unpaired) electrons. The summed E-state index contributed by atoms with van der Waals surface area (Å²) in [5, 5.41) is 0. The summed E-state index contributed by atoms with van der Waals surface area (Å²) in [7, 11) is 0. The van der Waals surface area contributed by atoms with Crippen molar-refractivity contribution >= 4 is 0 Å². The third-order valence-electron chi connectivity index (χ3n) is 6.71. The van der Waals surface area contributed by atoms with Crippen LogP contribution in [0.25, 0.3) is 33.9 Å². The molecule has 0 amide bonds. The Morgan fingerprint density at radius 3 is 1.37 bits per heavy atom. The summed E-state index contributed by atoms with van der Waals surface area (Å²) >= 11 is 0. The third-order valence-corrected chi connectivity index (χ3v) is 6.71. The van der Waals surface area contributed by atoms with E-state index in [2.05, 4.69) is 75.0 Å². The minimum atomic E-state index is -0.406. The van der Waals surface area contributed by atoms with E-state index in [0.717, 1.165) is 45.3 Å². The van der Waals surface area contributed by atoms with Gasteiger partial charge in [0.2, 0.25) is 0 Å². The average Bonchev–Trinajstić information content (AvgIpc) is 3.65. The number of hydrogen-bond donors (Lipinski definition) is 0. The van der Waals surface area contributed by atoms with E-state index < -0.39 is 5.41 Å². The van der Waals surface area contributed by atoms with E-state index in [1.54, 1.807) is 0 Å². The van der Waals surface area contributed by atoms with Crippen molar-refractivity contribution in [3.8, 4) is 33.9 Å². The zero-order valence-corrected chi connectivity index (χ0v) is 23.4. The average molecular weight is 674 g/mol. The summed E-state index contributed by atoms with van der Waals surface area (Å²) in [6.07, 6.45) is 10.8. The first-order valence-electron chi connectivity index (χ1n) is 12.3. The van der Waals surface area contributed by atoms with Crippen LogP contribution in [0.3, 0.4) is 0 Å². The minimum absolute atomic E-state index is 0. The molecule has 6 aromatic rings. The minimum Gasteiger partial charge on any atom is -0.435 e. The van der Waals surface area contributed by atoms with Crippen molar-refractivity contribution in [2.75, 3.05) is 0 Å². The molecule has 0 saturated carbocycles. The number of benzene rings is 2. The van der Waals surface area contributed by atoms with Gasteiger partial charge in [0.15, 0.2) is 0 Å². The first-order valence-corrected chi connectivity index (χ1v) is 12.3.